The fraction of sp³-hybridized carbons (Fsp3) is 0.0455. The second kappa shape index (κ2) is 8.60. The summed E-state index contributed by atoms with van der Waals surface area (Å²) >= 11 is 0. The molecule has 0 saturated heterocycles. The van der Waals surface area contributed by atoms with Gasteiger partial charge in [0.1, 0.15) is 5.82 Å². The topological polar surface area (TPSA) is 79.3 Å². The fourth-order valence-corrected chi connectivity index (χ4v) is 2.71. The molecule has 1 heterocycles. The van der Waals surface area contributed by atoms with Crippen molar-refractivity contribution in [2.45, 2.75) is 6.18 Å². The Balaban J connectivity index is 1.87. The zero-order valence-electron chi connectivity index (χ0n) is 15.4. The summed E-state index contributed by atoms with van der Waals surface area (Å²) in [6.45, 7) is 0. The Kier molecular flexibility index (Phi) is 5.96. The van der Waals surface area contributed by atoms with Gasteiger partial charge in [-0.25, -0.2) is 9.78 Å². The number of hydrogen-bond donors (Lipinski definition) is 2. The van der Waals surface area contributed by atoms with E-state index in [0.717, 1.165) is 12.1 Å². The summed E-state index contributed by atoms with van der Waals surface area (Å²) in [5, 5.41) is 12.0. The van der Waals surface area contributed by atoms with Crippen LogP contribution in [0, 0.1) is 0 Å². The molecule has 0 bridgehead atoms. The van der Waals surface area contributed by atoms with Gasteiger partial charge in [-0.15, -0.1) is 0 Å². The average Bonchev–Trinajstić information content (AvgIpc) is 2.72. The number of benzene rings is 2. The number of allylic oxidation sites excluding steroid dienone is 1. The molecule has 0 spiro atoms. The number of hydrogen-bond acceptors (Lipinski definition) is 4. The lowest BCUT2D eigenvalue weighted by Crippen LogP contribution is -2.07. The second-order valence-corrected chi connectivity index (χ2v) is 6.19. The summed E-state index contributed by atoms with van der Waals surface area (Å²) < 4.78 is 38.8. The molecule has 0 fully saturated rings. The van der Waals surface area contributed by atoms with E-state index in [4.69, 9.17) is 0 Å². The number of rotatable bonds is 6. The lowest BCUT2D eigenvalue weighted by molar-refractivity contribution is -0.137. The Labute approximate surface area is 169 Å². The van der Waals surface area contributed by atoms with E-state index in [1.54, 1.807) is 18.2 Å². The zero-order valence-corrected chi connectivity index (χ0v) is 15.4. The van der Waals surface area contributed by atoms with Crippen LogP contribution in [0.25, 0.3) is 6.08 Å². The van der Waals surface area contributed by atoms with Gasteiger partial charge in [0.05, 0.1) is 16.7 Å². The highest BCUT2D eigenvalue weighted by atomic mass is 19.4. The highest BCUT2D eigenvalue weighted by Crippen LogP contribution is 2.31. The molecule has 0 radical (unpaired) electrons. The standard InChI is InChI=1S/C22H15F3N2O3/c23-22(24,25)15-6-3-7-16(13-15)27-20-18(9-4-12-26-20)19(28)11-10-14-5-1-2-8-17(14)21(29)30/h1-13H,(H,26,27)(H,29,30). The lowest BCUT2D eigenvalue weighted by atomic mass is 10.1. The molecule has 0 aliphatic rings. The molecule has 2 N–H and O–H groups in total. The van der Waals surface area contributed by atoms with Crippen LogP contribution in [0.4, 0.5) is 24.7 Å². The molecule has 0 amide bonds. The lowest BCUT2D eigenvalue weighted by Gasteiger charge is -2.12. The van der Waals surface area contributed by atoms with Crippen LogP contribution in [0.15, 0.2) is 72.9 Å². The average molecular weight is 412 g/mol. The van der Waals surface area contributed by atoms with E-state index in [0.29, 0.717) is 5.56 Å². The quantitative estimate of drug-likeness (QED) is 0.416. The second-order valence-electron chi connectivity index (χ2n) is 6.19. The van der Waals surface area contributed by atoms with Crippen molar-refractivity contribution in [1.29, 1.82) is 0 Å². The number of nitrogens with one attached hydrogen (secondary N) is 1. The normalized spacial score (nSPS) is 11.4. The number of pyridine rings is 1. The van der Waals surface area contributed by atoms with Gasteiger partial charge in [-0.05, 0) is 48.0 Å². The summed E-state index contributed by atoms with van der Waals surface area (Å²) in [5.74, 6) is -1.54. The molecule has 0 unspecified atom stereocenters. The van der Waals surface area contributed by atoms with Gasteiger partial charge >= 0.3 is 12.1 Å². The fourth-order valence-electron chi connectivity index (χ4n) is 2.71. The van der Waals surface area contributed by atoms with Crippen LogP contribution in [0.3, 0.4) is 0 Å². The highest BCUT2D eigenvalue weighted by Gasteiger charge is 2.30. The Hall–Kier alpha value is -3.94. The van der Waals surface area contributed by atoms with E-state index in [1.807, 2.05) is 0 Å². The molecule has 0 saturated carbocycles. The SMILES string of the molecule is O=C(O)c1ccccc1C=CC(=O)c1cccnc1Nc1cccc(C(F)(F)F)c1. The van der Waals surface area contributed by atoms with Gasteiger partial charge in [0, 0.05) is 11.9 Å². The minimum Gasteiger partial charge on any atom is -0.478 e. The highest BCUT2D eigenvalue weighted by molar-refractivity contribution is 6.10. The van der Waals surface area contributed by atoms with Crippen LogP contribution >= 0.6 is 0 Å². The molecule has 5 nitrogen and oxygen atoms in total. The van der Waals surface area contributed by atoms with Crippen LogP contribution < -0.4 is 5.32 Å². The van der Waals surface area contributed by atoms with E-state index in [-0.39, 0.29) is 22.6 Å². The predicted molar refractivity (Wildman–Crippen MR) is 106 cm³/mol. The first-order chi connectivity index (χ1) is 14.3. The number of carbonyl (C=O) groups is 2. The van der Waals surface area contributed by atoms with Crippen molar-refractivity contribution in [3.63, 3.8) is 0 Å². The molecule has 1 aromatic heterocycles. The van der Waals surface area contributed by atoms with Gasteiger partial charge in [-0.2, -0.15) is 13.2 Å². The number of carboxylic acid groups (broad SMARTS) is 1. The summed E-state index contributed by atoms with van der Waals surface area (Å²) in [6, 6.07) is 13.7. The number of carboxylic acids is 1. The van der Waals surface area contributed by atoms with Gasteiger partial charge < -0.3 is 10.4 Å². The molecule has 3 rings (SSSR count). The summed E-state index contributed by atoms with van der Waals surface area (Å²) in [6.07, 6.45) is -0.542. The Bertz CT molecular complexity index is 1120. The minimum absolute atomic E-state index is 0.0371. The van der Waals surface area contributed by atoms with Crippen molar-refractivity contribution >= 4 is 29.3 Å². The molecule has 152 valence electrons. The first-order valence-electron chi connectivity index (χ1n) is 8.70. The third-order valence-corrected chi connectivity index (χ3v) is 4.13. The molecule has 2 aromatic carbocycles. The van der Waals surface area contributed by atoms with Gasteiger partial charge in [0.25, 0.3) is 0 Å². The van der Waals surface area contributed by atoms with Crippen molar-refractivity contribution in [3.05, 3.63) is 95.2 Å². The number of anilines is 2. The number of aromatic carboxylic acids is 1. The minimum atomic E-state index is -4.50. The maximum absolute atomic E-state index is 12.9. The van der Waals surface area contributed by atoms with Gasteiger partial charge in [-0.3, -0.25) is 4.79 Å². The van der Waals surface area contributed by atoms with E-state index < -0.39 is 23.5 Å². The summed E-state index contributed by atoms with van der Waals surface area (Å²) in [5.41, 5.74) is -0.206. The number of ketones is 1. The van der Waals surface area contributed by atoms with Crippen molar-refractivity contribution in [3.8, 4) is 0 Å². The van der Waals surface area contributed by atoms with Crippen molar-refractivity contribution < 1.29 is 27.9 Å². The van der Waals surface area contributed by atoms with Crippen LogP contribution in [0.5, 0.6) is 0 Å². The summed E-state index contributed by atoms with van der Waals surface area (Å²) in [4.78, 5) is 28.0. The molecule has 8 heteroatoms. The van der Waals surface area contributed by atoms with E-state index in [9.17, 15) is 27.9 Å². The maximum atomic E-state index is 12.9. The largest absolute Gasteiger partial charge is 0.478 e. The van der Waals surface area contributed by atoms with Gasteiger partial charge in [0.15, 0.2) is 5.78 Å². The molecule has 3 aromatic rings. The van der Waals surface area contributed by atoms with Crippen LogP contribution in [-0.4, -0.2) is 21.8 Å². The third-order valence-electron chi connectivity index (χ3n) is 4.13. The third kappa shape index (κ3) is 4.91. The van der Waals surface area contributed by atoms with Crippen LogP contribution in [0.2, 0.25) is 0 Å². The van der Waals surface area contributed by atoms with E-state index in [2.05, 4.69) is 10.3 Å². The van der Waals surface area contributed by atoms with Crippen molar-refractivity contribution in [1.82, 2.24) is 4.98 Å². The summed E-state index contributed by atoms with van der Waals surface area (Å²) in [7, 11) is 0. The van der Waals surface area contributed by atoms with Crippen LogP contribution in [-0.2, 0) is 6.18 Å². The molecule has 0 atom stereocenters. The van der Waals surface area contributed by atoms with Crippen molar-refractivity contribution in [2.75, 3.05) is 5.32 Å². The number of halogens is 3. The van der Waals surface area contributed by atoms with Crippen molar-refractivity contribution in [2.24, 2.45) is 0 Å². The van der Waals surface area contributed by atoms with Crippen LogP contribution in [0.1, 0.15) is 31.8 Å². The first-order valence-corrected chi connectivity index (χ1v) is 8.70. The van der Waals surface area contributed by atoms with Gasteiger partial charge in [0.2, 0.25) is 0 Å². The maximum Gasteiger partial charge on any atom is 0.416 e. The Morgan fingerprint density at radius 1 is 0.967 bits per heavy atom. The molecule has 0 aliphatic carbocycles. The number of carbonyl (C=O) groups excluding carboxylic acids is 1. The Morgan fingerprint density at radius 3 is 2.43 bits per heavy atom. The Morgan fingerprint density at radius 2 is 1.70 bits per heavy atom. The number of alkyl halides is 3. The van der Waals surface area contributed by atoms with E-state index >= 15 is 0 Å². The predicted octanol–water partition coefficient (Wildman–Crippen LogP) is 5.44. The van der Waals surface area contributed by atoms with Gasteiger partial charge in [-0.1, -0.05) is 30.3 Å². The molecule has 0 aliphatic heterocycles. The first kappa shape index (κ1) is 20.8. The molecule has 30 heavy (non-hydrogen) atoms. The zero-order chi connectivity index (χ0) is 21.7. The smallest absolute Gasteiger partial charge is 0.416 e. The monoisotopic (exact) mass is 412 g/mol. The van der Waals surface area contributed by atoms with E-state index in [1.165, 1.54) is 48.7 Å². The number of aromatic nitrogens is 1. The molecular formula is C22H15F3N2O3. The molecular weight excluding hydrogens is 397 g/mol. The number of nitrogens with zero attached hydrogens (tertiary/aromatic N) is 1.